The summed E-state index contributed by atoms with van der Waals surface area (Å²) >= 11 is 0.914. The van der Waals surface area contributed by atoms with E-state index in [-0.39, 0.29) is 12.5 Å². The van der Waals surface area contributed by atoms with Crippen LogP contribution in [0, 0.1) is 0 Å². The Morgan fingerprint density at radius 3 is 2.00 bits per heavy atom. The first-order valence-corrected chi connectivity index (χ1v) is 14.0. The van der Waals surface area contributed by atoms with Gasteiger partial charge in [-0.15, -0.1) is 11.8 Å². The molecule has 0 aromatic carbocycles. The third-order valence-electron chi connectivity index (χ3n) is 6.40. The standard InChI is InChI=1S/C26H39NO12S/c1-14(28)27-22-20(36-16(3)30)12-26(25(33)34-6,39-19-10-8-7-9-11-19)40-24(22)23(38-18(5)32)21(37-17(4)31)13-35-15(2)29/h19-24H,7-13H2,1-6H3,(H,27,28)/t20?,21-,22?,23-,24?,26?/m1/s1. The van der Waals surface area contributed by atoms with Crippen LogP contribution in [0.1, 0.15) is 73.1 Å². The number of carbonyl (C=O) groups excluding carboxylic acids is 6. The average molecular weight is 590 g/mol. The zero-order chi connectivity index (χ0) is 30.0. The van der Waals surface area contributed by atoms with Crippen molar-refractivity contribution < 1.29 is 57.2 Å². The highest BCUT2D eigenvalue weighted by Crippen LogP contribution is 2.48. The molecule has 40 heavy (non-hydrogen) atoms. The third-order valence-corrected chi connectivity index (χ3v) is 8.05. The maximum absolute atomic E-state index is 13.4. The molecule has 1 aliphatic heterocycles. The van der Waals surface area contributed by atoms with Gasteiger partial charge in [0.1, 0.15) is 12.7 Å². The molecule has 6 atom stereocenters. The van der Waals surface area contributed by atoms with Gasteiger partial charge in [-0.25, -0.2) is 4.79 Å². The molecule has 1 amide bonds. The second-order valence-electron chi connectivity index (χ2n) is 9.81. The molecule has 1 aliphatic carbocycles. The molecule has 1 saturated carbocycles. The summed E-state index contributed by atoms with van der Waals surface area (Å²) in [5.41, 5.74) is 0. The summed E-state index contributed by atoms with van der Waals surface area (Å²) in [4.78, 5) is 72.1. The summed E-state index contributed by atoms with van der Waals surface area (Å²) in [7, 11) is 1.19. The van der Waals surface area contributed by atoms with Crippen molar-refractivity contribution >= 4 is 47.5 Å². The highest BCUT2D eigenvalue weighted by Gasteiger charge is 2.59. The number of esters is 5. The Morgan fingerprint density at radius 1 is 0.875 bits per heavy atom. The molecule has 2 aliphatic rings. The van der Waals surface area contributed by atoms with Crippen LogP contribution < -0.4 is 5.32 Å². The Hall–Kier alpha value is -2.87. The van der Waals surface area contributed by atoms with E-state index in [1.807, 2.05) is 0 Å². The first kappa shape index (κ1) is 33.3. The summed E-state index contributed by atoms with van der Waals surface area (Å²) in [6.07, 6.45) is -0.183. The Balaban J connectivity index is 2.70. The van der Waals surface area contributed by atoms with Crippen LogP contribution in [-0.4, -0.2) is 90.1 Å². The number of nitrogens with one attached hydrogen (secondary N) is 1. The minimum atomic E-state index is -1.74. The van der Waals surface area contributed by atoms with Crippen LogP contribution >= 0.6 is 11.8 Å². The second-order valence-corrected chi connectivity index (χ2v) is 11.2. The molecule has 14 heteroatoms. The minimum Gasteiger partial charge on any atom is -0.466 e. The second kappa shape index (κ2) is 15.2. The maximum atomic E-state index is 13.4. The molecule has 0 aromatic rings. The zero-order valence-electron chi connectivity index (χ0n) is 23.7. The average Bonchev–Trinajstić information content (AvgIpc) is 2.85. The van der Waals surface area contributed by atoms with Crippen LogP contribution in [0.2, 0.25) is 0 Å². The van der Waals surface area contributed by atoms with Crippen molar-refractivity contribution in [2.45, 2.75) is 114 Å². The maximum Gasteiger partial charge on any atom is 0.349 e. The molecule has 2 rings (SSSR count). The molecule has 0 spiro atoms. The van der Waals surface area contributed by atoms with E-state index in [2.05, 4.69) is 5.32 Å². The number of ether oxygens (including phenoxy) is 6. The van der Waals surface area contributed by atoms with Crippen molar-refractivity contribution in [1.82, 2.24) is 5.32 Å². The molecule has 4 unspecified atom stereocenters. The van der Waals surface area contributed by atoms with Gasteiger partial charge in [-0.2, -0.15) is 0 Å². The van der Waals surface area contributed by atoms with Crippen LogP contribution in [0.15, 0.2) is 0 Å². The van der Waals surface area contributed by atoms with Crippen molar-refractivity contribution in [3.8, 4) is 0 Å². The topological polar surface area (TPSA) is 170 Å². The molecule has 13 nitrogen and oxygen atoms in total. The predicted octanol–water partition coefficient (Wildman–Crippen LogP) is 1.57. The van der Waals surface area contributed by atoms with Gasteiger partial charge in [-0.1, -0.05) is 19.3 Å². The van der Waals surface area contributed by atoms with E-state index in [0.29, 0.717) is 12.8 Å². The lowest BCUT2D eigenvalue weighted by Crippen LogP contribution is -2.65. The number of hydrogen-bond donors (Lipinski definition) is 1. The van der Waals surface area contributed by atoms with Gasteiger partial charge in [0.2, 0.25) is 10.8 Å². The van der Waals surface area contributed by atoms with E-state index in [0.717, 1.165) is 51.8 Å². The number of methoxy groups -OCH3 is 1. The molecular formula is C26H39NO12S. The summed E-state index contributed by atoms with van der Waals surface area (Å²) in [6, 6.07) is -1.04. The van der Waals surface area contributed by atoms with Gasteiger partial charge >= 0.3 is 29.8 Å². The fourth-order valence-corrected chi connectivity index (χ4v) is 6.80. The number of thioether (sulfide) groups is 1. The molecule has 2 fully saturated rings. The van der Waals surface area contributed by atoms with Crippen molar-refractivity contribution in [2.24, 2.45) is 0 Å². The summed E-state index contributed by atoms with van der Waals surface area (Å²) < 4.78 is 33.3. The van der Waals surface area contributed by atoms with E-state index in [9.17, 15) is 28.8 Å². The van der Waals surface area contributed by atoms with E-state index in [1.54, 1.807) is 0 Å². The Labute approximate surface area is 237 Å². The van der Waals surface area contributed by atoms with E-state index >= 15 is 0 Å². The quantitative estimate of drug-likeness (QED) is 0.272. The fourth-order valence-electron chi connectivity index (χ4n) is 4.97. The normalized spacial score (nSPS) is 26.4. The van der Waals surface area contributed by atoms with Crippen LogP contribution in [0.5, 0.6) is 0 Å². The molecule has 0 bridgehead atoms. The Kier molecular flexibility index (Phi) is 12.7. The van der Waals surface area contributed by atoms with E-state index in [4.69, 9.17) is 28.4 Å². The highest BCUT2D eigenvalue weighted by molar-refractivity contribution is 8.02. The summed E-state index contributed by atoms with van der Waals surface area (Å²) in [5, 5.41) is 1.62. The SMILES string of the molecule is COC(=O)C1(OC2CCCCC2)CC(OC(C)=O)C(NC(C)=O)C([C@H](OC(C)=O)[C@@H](COC(C)=O)OC(C)=O)S1. The molecule has 0 radical (unpaired) electrons. The Bertz CT molecular complexity index is 952. The van der Waals surface area contributed by atoms with Crippen molar-refractivity contribution in [3.05, 3.63) is 0 Å². The van der Waals surface area contributed by atoms with Crippen LogP contribution in [-0.2, 0) is 57.2 Å². The minimum absolute atomic E-state index is 0.184. The van der Waals surface area contributed by atoms with Gasteiger partial charge in [0.25, 0.3) is 0 Å². The lowest BCUT2D eigenvalue weighted by Gasteiger charge is -2.49. The summed E-state index contributed by atoms with van der Waals surface area (Å²) in [5.74, 6) is -4.19. The highest BCUT2D eigenvalue weighted by atomic mass is 32.2. The number of hydrogen-bond acceptors (Lipinski definition) is 13. The molecule has 1 heterocycles. The zero-order valence-corrected chi connectivity index (χ0v) is 24.5. The van der Waals surface area contributed by atoms with E-state index < -0.39 is 76.9 Å². The number of amides is 1. The predicted molar refractivity (Wildman–Crippen MR) is 140 cm³/mol. The lowest BCUT2D eigenvalue weighted by atomic mass is 9.93. The van der Waals surface area contributed by atoms with Crippen molar-refractivity contribution in [2.75, 3.05) is 13.7 Å². The number of carbonyl (C=O) groups is 6. The van der Waals surface area contributed by atoms with Gasteiger partial charge in [-0.3, -0.25) is 24.0 Å². The van der Waals surface area contributed by atoms with Crippen LogP contribution in [0.3, 0.4) is 0 Å². The van der Waals surface area contributed by atoms with Gasteiger partial charge in [0, 0.05) is 41.0 Å². The molecule has 0 aromatic heterocycles. The van der Waals surface area contributed by atoms with Gasteiger partial charge < -0.3 is 33.7 Å². The monoisotopic (exact) mass is 589 g/mol. The van der Waals surface area contributed by atoms with Crippen LogP contribution in [0.25, 0.3) is 0 Å². The molecule has 1 saturated heterocycles. The smallest absolute Gasteiger partial charge is 0.349 e. The van der Waals surface area contributed by atoms with Crippen molar-refractivity contribution in [3.63, 3.8) is 0 Å². The largest absolute Gasteiger partial charge is 0.466 e. The molecule has 1 N–H and O–H groups in total. The molecular weight excluding hydrogens is 550 g/mol. The third kappa shape index (κ3) is 9.65. The Morgan fingerprint density at radius 2 is 1.50 bits per heavy atom. The first-order chi connectivity index (χ1) is 18.8. The summed E-state index contributed by atoms with van der Waals surface area (Å²) in [6.45, 7) is 5.32. The van der Waals surface area contributed by atoms with E-state index in [1.165, 1.54) is 21.0 Å². The first-order valence-electron chi connectivity index (χ1n) is 13.1. The number of rotatable bonds is 11. The van der Waals surface area contributed by atoms with Gasteiger partial charge in [0.05, 0.1) is 24.5 Å². The van der Waals surface area contributed by atoms with Gasteiger partial charge in [-0.05, 0) is 12.8 Å². The van der Waals surface area contributed by atoms with Crippen LogP contribution in [0.4, 0.5) is 0 Å². The fraction of sp³-hybridized carbons (Fsp3) is 0.769. The van der Waals surface area contributed by atoms with Crippen molar-refractivity contribution in [1.29, 1.82) is 0 Å². The van der Waals surface area contributed by atoms with Gasteiger partial charge in [0.15, 0.2) is 12.2 Å². The lowest BCUT2D eigenvalue weighted by molar-refractivity contribution is -0.180. The molecule has 226 valence electrons.